The molecule has 2 N–H and O–H groups in total. The van der Waals surface area contributed by atoms with Gasteiger partial charge in [0.05, 0.1) is 12.6 Å². The van der Waals surface area contributed by atoms with Crippen LogP contribution in [-0.2, 0) is 0 Å². The van der Waals surface area contributed by atoms with Crippen LogP contribution in [0, 0.1) is 0 Å². The summed E-state index contributed by atoms with van der Waals surface area (Å²) < 4.78 is 11.7. The maximum absolute atomic E-state index is 6.32. The SMILES string of the molecule is NC(c1ccccc1)C1CCOc2ccccc2O1. The fourth-order valence-electron chi connectivity index (χ4n) is 2.32. The molecule has 1 heterocycles. The molecule has 0 saturated carbocycles. The third-order valence-electron chi connectivity index (χ3n) is 3.37. The smallest absolute Gasteiger partial charge is 0.161 e. The minimum atomic E-state index is -0.143. The Labute approximate surface area is 113 Å². The minimum Gasteiger partial charge on any atom is -0.490 e. The van der Waals surface area contributed by atoms with Crippen LogP contribution in [0.25, 0.3) is 0 Å². The lowest BCUT2D eigenvalue weighted by atomic mass is 10.0. The summed E-state index contributed by atoms with van der Waals surface area (Å²) in [6, 6.07) is 17.6. The summed E-state index contributed by atoms with van der Waals surface area (Å²) in [5.41, 5.74) is 7.41. The highest BCUT2D eigenvalue weighted by Gasteiger charge is 2.25. The quantitative estimate of drug-likeness (QED) is 0.897. The summed E-state index contributed by atoms with van der Waals surface area (Å²) in [6.07, 6.45) is 0.719. The van der Waals surface area contributed by atoms with E-state index in [1.807, 2.05) is 54.6 Å². The Morgan fingerprint density at radius 3 is 2.42 bits per heavy atom. The van der Waals surface area contributed by atoms with Gasteiger partial charge < -0.3 is 15.2 Å². The molecular formula is C16H17NO2. The van der Waals surface area contributed by atoms with E-state index in [4.69, 9.17) is 15.2 Å². The van der Waals surface area contributed by atoms with Crippen molar-refractivity contribution in [3.05, 3.63) is 60.2 Å². The maximum Gasteiger partial charge on any atom is 0.161 e. The third kappa shape index (κ3) is 2.56. The molecule has 2 aromatic rings. The second-order valence-corrected chi connectivity index (χ2v) is 4.68. The highest BCUT2D eigenvalue weighted by Crippen LogP contribution is 2.33. The van der Waals surface area contributed by atoms with Crippen molar-refractivity contribution in [2.24, 2.45) is 5.73 Å². The van der Waals surface area contributed by atoms with Gasteiger partial charge in [-0.05, 0) is 17.7 Å². The van der Waals surface area contributed by atoms with E-state index in [1.54, 1.807) is 0 Å². The molecule has 19 heavy (non-hydrogen) atoms. The van der Waals surface area contributed by atoms with Crippen LogP contribution in [0.2, 0.25) is 0 Å². The monoisotopic (exact) mass is 255 g/mol. The number of benzene rings is 2. The lowest BCUT2D eigenvalue weighted by Gasteiger charge is -2.23. The molecule has 0 radical (unpaired) electrons. The summed E-state index contributed by atoms with van der Waals surface area (Å²) in [5, 5.41) is 0. The Hall–Kier alpha value is -2.00. The molecule has 2 unspecified atom stereocenters. The number of ether oxygens (including phenoxy) is 2. The fraction of sp³-hybridized carbons (Fsp3) is 0.250. The molecule has 3 heteroatoms. The average molecular weight is 255 g/mol. The van der Waals surface area contributed by atoms with Gasteiger partial charge in [-0.3, -0.25) is 0 Å². The van der Waals surface area contributed by atoms with E-state index < -0.39 is 0 Å². The number of hydrogen-bond donors (Lipinski definition) is 1. The van der Waals surface area contributed by atoms with E-state index in [-0.39, 0.29) is 12.1 Å². The number of hydrogen-bond acceptors (Lipinski definition) is 3. The van der Waals surface area contributed by atoms with Gasteiger partial charge in [0.15, 0.2) is 11.5 Å². The lowest BCUT2D eigenvalue weighted by molar-refractivity contribution is 0.162. The van der Waals surface area contributed by atoms with Crippen molar-refractivity contribution in [1.82, 2.24) is 0 Å². The van der Waals surface area contributed by atoms with Crippen LogP contribution in [0.4, 0.5) is 0 Å². The zero-order valence-corrected chi connectivity index (χ0v) is 10.7. The van der Waals surface area contributed by atoms with Gasteiger partial charge in [0.2, 0.25) is 0 Å². The Bertz CT molecular complexity index is 541. The van der Waals surface area contributed by atoms with Crippen LogP contribution in [0.3, 0.4) is 0 Å². The molecule has 0 saturated heterocycles. The summed E-state index contributed by atoms with van der Waals surface area (Å²) >= 11 is 0. The van der Waals surface area contributed by atoms with Crippen molar-refractivity contribution in [3.8, 4) is 11.5 Å². The first kappa shape index (κ1) is 12.1. The first-order chi connectivity index (χ1) is 9.34. The summed E-state index contributed by atoms with van der Waals surface area (Å²) in [4.78, 5) is 0. The van der Waals surface area contributed by atoms with E-state index in [0.717, 1.165) is 23.5 Å². The van der Waals surface area contributed by atoms with Gasteiger partial charge in [0.25, 0.3) is 0 Å². The van der Waals surface area contributed by atoms with Gasteiger partial charge in [-0.15, -0.1) is 0 Å². The van der Waals surface area contributed by atoms with Crippen LogP contribution in [0.15, 0.2) is 54.6 Å². The molecule has 2 atom stereocenters. The molecule has 3 rings (SSSR count). The molecule has 1 aliphatic heterocycles. The standard InChI is InChI=1S/C16H17NO2/c17-16(12-6-2-1-3-7-12)15-10-11-18-13-8-4-5-9-14(13)19-15/h1-9,15-16H,10-11,17H2. The van der Waals surface area contributed by atoms with Crippen molar-refractivity contribution >= 4 is 0 Å². The zero-order valence-electron chi connectivity index (χ0n) is 10.7. The Morgan fingerprint density at radius 2 is 1.63 bits per heavy atom. The molecule has 1 aliphatic rings. The predicted molar refractivity (Wildman–Crippen MR) is 74.3 cm³/mol. The van der Waals surface area contributed by atoms with Gasteiger partial charge >= 0.3 is 0 Å². The van der Waals surface area contributed by atoms with Gasteiger partial charge in [0, 0.05) is 6.42 Å². The lowest BCUT2D eigenvalue weighted by Crippen LogP contribution is -2.31. The zero-order chi connectivity index (χ0) is 13.1. The maximum atomic E-state index is 6.32. The highest BCUT2D eigenvalue weighted by atomic mass is 16.5. The van der Waals surface area contributed by atoms with E-state index in [2.05, 4.69) is 0 Å². The highest BCUT2D eigenvalue weighted by molar-refractivity contribution is 5.40. The molecule has 0 aliphatic carbocycles. The first-order valence-electron chi connectivity index (χ1n) is 6.53. The number of rotatable bonds is 2. The molecule has 3 nitrogen and oxygen atoms in total. The van der Waals surface area contributed by atoms with Gasteiger partial charge in [0.1, 0.15) is 6.10 Å². The summed E-state index contributed by atoms with van der Waals surface area (Å²) in [6.45, 7) is 0.627. The van der Waals surface area contributed by atoms with Crippen LogP contribution < -0.4 is 15.2 Å². The topological polar surface area (TPSA) is 44.5 Å². The first-order valence-corrected chi connectivity index (χ1v) is 6.53. The van der Waals surface area contributed by atoms with E-state index in [9.17, 15) is 0 Å². The van der Waals surface area contributed by atoms with Crippen molar-refractivity contribution in [2.75, 3.05) is 6.61 Å². The molecule has 0 aromatic heterocycles. The third-order valence-corrected chi connectivity index (χ3v) is 3.37. The molecule has 2 aromatic carbocycles. The van der Waals surface area contributed by atoms with Gasteiger partial charge in [-0.1, -0.05) is 42.5 Å². The molecule has 0 fully saturated rings. The predicted octanol–water partition coefficient (Wildman–Crippen LogP) is 2.92. The average Bonchev–Trinajstić information content (AvgIpc) is 2.69. The van der Waals surface area contributed by atoms with Crippen LogP contribution in [-0.4, -0.2) is 12.7 Å². The number of fused-ring (bicyclic) bond motifs is 1. The van der Waals surface area contributed by atoms with Gasteiger partial charge in [-0.25, -0.2) is 0 Å². The Balaban J connectivity index is 1.83. The largest absolute Gasteiger partial charge is 0.490 e. The minimum absolute atomic E-state index is 0.0638. The Kier molecular flexibility index (Phi) is 3.38. The van der Waals surface area contributed by atoms with Crippen LogP contribution in [0.5, 0.6) is 11.5 Å². The molecule has 0 spiro atoms. The summed E-state index contributed by atoms with van der Waals surface area (Å²) in [7, 11) is 0. The second-order valence-electron chi connectivity index (χ2n) is 4.68. The molecule has 0 amide bonds. The van der Waals surface area contributed by atoms with Crippen LogP contribution in [0.1, 0.15) is 18.0 Å². The van der Waals surface area contributed by atoms with Crippen LogP contribution >= 0.6 is 0 Å². The normalized spacial score (nSPS) is 19.5. The van der Waals surface area contributed by atoms with Gasteiger partial charge in [-0.2, -0.15) is 0 Å². The summed E-state index contributed by atoms with van der Waals surface area (Å²) in [5.74, 6) is 1.57. The molecular weight excluding hydrogens is 238 g/mol. The fourth-order valence-corrected chi connectivity index (χ4v) is 2.32. The Morgan fingerprint density at radius 1 is 0.947 bits per heavy atom. The van der Waals surface area contributed by atoms with E-state index >= 15 is 0 Å². The molecule has 0 bridgehead atoms. The second kappa shape index (κ2) is 5.33. The van der Waals surface area contributed by atoms with Crippen molar-refractivity contribution in [2.45, 2.75) is 18.6 Å². The number of para-hydroxylation sites is 2. The van der Waals surface area contributed by atoms with Crippen molar-refractivity contribution < 1.29 is 9.47 Å². The number of nitrogens with two attached hydrogens (primary N) is 1. The van der Waals surface area contributed by atoms with E-state index in [0.29, 0.717) is 6.61 Å². The van der Waals surface area contributed by atoms with E-state index in [1.165, 1.54) is 0 Å². The van der Waals surface area contributed by atoms with Crippen molar-refractivity contribution in [1.29, 1.82) is 0 Å². The van der Waals surface area contributed by atoms with Crippen molar-refractivity contribution in [3.63, 3.8) is 0 Å². The molecule has 98 valence electrons.